The topological polar surface area (TPSA) is 0 Å². The Labute approximate surface area is 126 Å². The third-order valence-corrected chi connectivity index (χ3v) is 5.32. The van der Waals surface area contributed by atoms with Gasteiger partial charge in [-0.15, -0.1) is 0 Å². The Morgan fingerprint density at radius 1 is 1.00 bits per heavy atom. The molecule has 0 bridgehead atoms. The summed E-state index contributed by atoms with van der Waals surface area (Å²) < 4.78 is 0. The van der Waals surface area contributed by atoms with Gasteiger partial charge in [0.15, 0.2) is 0 Å². The molecule has 0 heterocycles. The van der Waals surface area contributed by atoms with E-state index < -0.39 is 0 Å². The van der Waals surface area contributed by atoms with Crippen LogP contribution in [-0.4, -0.2) is 0 Å². The summed E-state index contributed by atoms with van der Waals surface area (Å²) in [5.74, 6) is 0.820. The number of rotatable bonds is 6. The maximum atomic E-state index is 2.52. The molecular weight excluding hydrogens is 240 g/mol. The van der Waals surface area contributed by atoms with Crippen LogP contribution in [0.5, 0.6) is 0 Å². The Hall–Kier alpha value is -0.780. The largest absolute Gasteiger partial charge is 0.0654 e. The molecule has 1 fully saturated rings. The molecule has 0 nitrogen and oxygen atoms in total. The normalized spacial score (nSPS) is 26.6. The lowest BCUT2D eigenvalue weighted by Gasteiger charge is -2.37. The zero-order valence-electron chi connectivity index (χ0n) is 13.8. The van der Waals surface area contributed by atoms with Crippen LogP contribution in [0.2, 0.25) is 0 Å². The van der Waals surface area contributed by atoms with Crippen LogP contribution in [-0.2, 0) is 6.42 Å². The third-order valence-electron chi connectivity index (χ3n) is 5.32. The maximum absolute atomic E-state index is 2.52. The first-order valence-corrected chi connectivity index (χ1v) is 8.75. The smallest absolute Gasteiger partial charge is 0.0162 e. The molecular formula is C20H32. The van der Waals surface area contributed by atoms with E-state index in [2.05, 4.69) is 45.0 Å². The van der Waals surface area contributed by atoms with Gasteiger partial charge in [-0.3, -0.25) is 0 Å². The fourth-order valence-electron chi connectivity index (χ4n) is 3.75. The number of hydrogen-bond donors (Lipinski definition) is 0. The van der Waals surface area contributed by atoms with Crippen molar-refractivity contribution in [2.24, 2.45) is 5.41 Å². The van der Waals surface area contributed by atoms with Crippen molar-refractivity contribution < 1.29 is 0 Å². The van der Waals surface area contributed by atoms with Crippen LogP contribution >= 0.6 is 0 Å². The summed E-state index contributed by atoms with van der Waals surface area (Å²) in [6.45, 7) is 7.09. The second kappa shape index (κ2) is 7.29. The zero-order valence-corrected chi connectivity index (χ0v) is 13.8. The second-order valence-corrected chi connectivity index (χ2v) is 7.18. The van der Waals surface area contributed by atoms with Crippen molar-refractivity contribution in [1.82, 2.24) is 0 Å². The molecule has 2 rings (SSSR count). The first-order valence-electron chi connectivity index (χ1n) is 8.75. The first-order chi connectivity index (χ1) is 9.67. The number of unbranched alkanes of at least 4 members (excludes halogenated alkanes) is 1. The lowest BCUT2D eigenvalue weighted by atomic mass is 9.68. The van der Waals surface area contributed by atoms with Crippen LogP contribution in [0, 0.1) is 5.41 Å². The van der Waals surface area contributed by atoms with E-state index in [9.17, 15) is 0 Å². The molecule has 0 aliphatic heterocycles. The summed E-state index contributed by atoms with van der Waals surface area (Å²) in [6.07, 6.45) is 12.3. The molecule has 0 unspecified atom stereocenters. The molecule has 112 valence electrons. The van der Waals surface area contributed by atoms with Gasteiger partial charge in [0.25, 0.3) is 0 Å². The molecule has 0 atom stereocenters. The van der Waals surface area contributed by atoms with Crippen molar-refractivity contribution in [3.05, 3.63) is 35.4 Å². The van der Waals surface area contributed by atoms with Crippen LogP contribution in [0.15, 0.2) is 24.3 Å². The van der Waals surface area contributed by atoms with Crippen LogP contribution in [0.4, 0.5) is 0 Å². The molecule has 0 amide bonds. The highest BCUT2D eigenvalue weighted by Crippen LogP contribution is 2.45. The summed E-state index contributed by atoms with van der Waals surface area (Å²) in [5.41, 5.74) is 3.72. The van der Waals surface area contributed by atoms with Crippen LogP contribution in [0.3, 0.4) is 0 Å². The standard InChI is InChI=1S/C20H32/c1-4-6-14-20(3)15-12-19(13-16-20)18-10-8-17(7-5-2)9-11-18/h8-11,19H,4-7,12-16H2,1-3H3. The number of aryl methyl sites for hydroxylation is 1. The van der Waals surface area contributed by atoms with E-state index in [1.807, 2.05) is 0 Å². The molecule has 1 aliphatic carbocycles. The maximum Gasteiger partial charge on any atom is -0.0162 e. The molecule has 1 aliphatic rings. The minimum absolute atomic E-state index is 0.634. The van der Waals surface area contributed by atoms with Gasteiger partial charge in [0.1, 0.15) is 0 Å². The Balaban J connectivity index is 1.89. The van der Waals surface area contributed by atoms with Crippen molar-refractivity contribution >= 4 is 0 Å². The zero-order chi connectivity index (χ0) is 14.4. The van der Waals surface area contributed by atoms with Gasteiger partial charge in [0.2, 0.25) is 0 Å². The highest BCUT2D eigenvalue weighted by molar-refractivity contribution is 5.26. The molecule has 0 saturated heterocycles. The molecule has 1 aromatic carbocycles. The summed E-state index contributed by atoms with van der Waals surface area (Å²) in [7, 11) is 0. The van der Waals surface area contributed by atoms with Gasteiger partial charge in [-0.2, -0.15) is 0 Å². The predicted molar refractivity (Wildman–Crippen MR) is 89.3 cm³/mol. The van der Waals surface area contributed by atoms with E-state index in [0.29, 0.717) is 5.41 Å². The molecule has 0 aromatic heterocycles. The summed E-state index contributed by atoms with van der Waals surface area (Å²) in [6, 6.07) is 9.49. The van der Waals surface area contributed by atoms with E-state index in [1.165, 1.54) is 63.4 Å². The summed E-state index contributed by atoms with van der Waals surface area (Å²) in [5, 5.41) is 0. The van der Waals surface area contributed by atoms with Crippen molar-refractivity contribution in [3.63, 3.8) is 0 Å². The van der Waals surface area contributed by atoms with E-state index >= 15 is 0 Å². The average Bonchev–Trinajstić information content (AvgIpc) is 2.47. The monoisotopic (exact) mass is 272 g/mol. The molecule has 1 aromatic rings. The van der Waals surface area contributed by atoms with E-state index in [0.717, 1.165) is 5.92 Å². The third kappa shape index (κ3) is 4.11. The predicted octanol–water partition coefficient (Wildman–Crippen LogP) is 6.49. The van der Waals surface area contributed by atoms with E-state index in [-0.39, 0.29) is 0 Å². The fourth-order valence-corrected chi connectivity index (χ4v) is 3.75. The highest BCUT2D eigenvalue weighted by atomic mass is 14.4. The quantitative estimate of drug-likeness (QED) is 0.555. The van der Waals surface area contributed by atoms with E-state index in [4.69, 9.17) is 0 Å². The average molecular weight is 272 g/mol. The number of hydrogen-bond acceptors (Lipinski definition) is 0. The van der Waals surface area contributed by atoms with Gasteiger partial charge < -0.3 is 0 Å². The van der Waals surface area contributed by atoms with Gasteiger partial charge in [0.05, 0.1) is 0 Å². The fraction of sp³-hybridized carbons (Fsp3) is 0.700. The minimum atomic E-state index is 0.634. The Morgan fingerprint density at radius 2 is 1.65 bits per heavy atom. The Kier molecular flexibility index (Phi) is 5.69. The Bertz CT molecular complexity index is 379. The van der Waals surface area contributed by atoms with Gasteiger partial charge in [-0.25, -0.2) is 0 Å². The van der Waals surface area contributed by atoms with Crippen LogP contribution < -0.4 is 0 Å². The van der Waals surface area contributed by atoms with Crippen molar-refractivity contribution in [1.29, 1.82) is 0 Å². The first kappa shape index (κ1) is 15.6. The second-order valence-electron chi connectivity index (χ2n) is 7.18. The van der Waals surface area contributed by atoms with E-state index in [1.54, 1.807) is 5.56 Å². The van der Waals surface area contributed by atoms with Gasteiger partial charge in [0, 0.05) is 0 Å². The lowest BCUT2D eigenvalue weighted by Crippen LogP contribution is -2.23. The summed E-state index contributed by atoms with van der Waals surface area (Å²) in [4.78, 5) is 0. The molecule has 0 spiro atoms. The van der Waals surface area contributed by atoms with Gasteiger partial charge >= 0.3 is 0 Å². The SMILES string of the molecule is CCCCC1(C)CCC(c2ccc(CCC)cc2)CC1. The molecule has 1 saturated carbocycles. The van der Waals surface area contributed by atoms with Gasteiger partial charge in [-0.1, -0.05) is 64.3 Å². The molecule has 0 N–H and O–H groups in total. The summed E-state index contributed by atoms with van der Waals surface area (Å²) >= 11 is 0. The molecule has 0 heteroatoms. The minimum Gasteiger partial charge on any atom is -0.0654 e. The van der Waals surface area contributed by atoms with Crippen molar-refractivity contribution in [2.45, 2.75) is 84.5 Å². The lowest BCUT2D eigenvalue weighted by molar-refractivity contribution is 0.179. The molecule has 0 radical (unpaired) electrons. The number of benzene rings is 1. The van der Waals surface area contributed by atoms with Crippen LogP contribution in [0.1, 0.15) is 89.2 Å². The highest BCUT2D eigenvalue weighted by Gasteiger charge is 2.30. The van der Waals surface area contributed by atoms with Crippen molar-refractivity contribution in [2.75, 3.05) is 0 Å². The van der Waals surface area contributed by atoms with Crippen LogP contribution in [0.25, 0.3) is 0 Å². The Morgan fingerprint density at radius 3 is 2.20 bits per heavy atom. The van der Waals surface area contributed by atoms with Crippen molar-refractivity contribution in [3.8, 4) is 0 Å². The molecule has 20 heavy (non-hydrogen) atoms. The van der Waals surface area contributed by atoms with Gasteiger partial charge in [-0.05, 0) is 61.0 Å².